The molecule has 3 rings (SSSR count). The van der Waals surface area contributed by atoms with Crippen LogP contribution in [0.5, 0.6) is 0 Å². The van der Waals surface area contributed by atoms with Gasteiger partial charge in [-0.1, -0.05) is 54.6 Å². The second-order valence-corrected chi connectivity index (χ2v) is 5.24. The summed E-state index contributed by atoms with van der Waals surface area (Å²) in [6.07, 6.45) is 1.54. The number of benzene rings is 1. The molecule has 0 heterocycles. The molecule has 0 fully saturated rings. The smallest absolute Gasteiger partial charge is 0.345 e. The summed E-state index contributed by atoms with van der Waals surface area (Å²) in [5, 5.41) is 2.02. The summed E-state index contributed by atoms with van der Waals surface area (Å²) in [6.45, 7) is 0. The van der Waals surface area contributed by atoms with E-state index in [1.165, 1.54) is 14.2 Å². The molecule has 0 atom stereocenters. The molecule has 2 aliphatic rings. The lowest BCUT2D eigenvalue weighted by molar-refractivity contribution is -0.143. The van der Waals surface area contributed by atoms with E-state index in [1.807, 2.05) is 54.6 Å². The van der Waals surface area contributed by atoms with Crippen LogP contribution < -0.4 is 0 Å². The molecule has 0 amide bonds. The average molecular weight is 320 g/mol. The summed E-state index contributed by atoms with van der Waals surface area (Å²) in [5.41, 5.74) is 2.66. The van der Waals surface area contributed by atoms with Crippen LogP contribution in [-0.2, 0) is 19.1 Å². The van der Waals surface area contributed by atoms with Gasteiger partial charge < -0.3 is 9.47 Å². The Labute approximate surface area is 139 Å². The highest BCUT2D eigenvalue weighted by molar-refractivity contribution is 6.20. The Hall–Kier alpha value is -3.14. The Morgan fingerprint density at radius 1 is 0.750 bits per heavy atom. The third-order valence-corrected chi connectivity index (χ3v) is 3.94. The van der Waals surface area contributed by atoms with Crippen LogP contribution in [0.25, 0.3) is 28.0 Å². The van der Waals surface area contributed by atoms with Crippen LogP contribution in [0.2, 0.25) is 0 Å². The lowest BCUT2D eigenvalue weighted by Gasteiger charge is -2.04. The molecule has 0 saturated heterocycles. The van der Waals surface area contributed by atoms with Crippen LogP contribution in [0.1, 0.15) is 5.56 Å². The van der Waals surface area contributed by atoms with Crippen molar-refractivity contribution in [3.8, 4) is 11.1 Å². The molecule has 2 aliphatic carbocycles. The zero-order valence-corrected chi connectivity index (χ0v) is 13.4. The maximum atomic E-state index is 12.0. The van der Waals surface area contributed by atoms with Crippen molar-refractivity contribution in [3.63, 3.8) is 0 Å². The summed E-state index contributed by atoms with van der Waals surface area (Å²) in [4.78, 5) is 24.0. The second kappa shape index (κ2) is 6.54. The summed E-state index contributed by atoms with van der Waals surface area (Å²) in [5.74, 6) is -1.44. The number of fused-ring (bicyclic) bond motifs is 3. The van der Waals surface area contributed by atoms with Crippen LogP contribution in [0, 0.1) is 0 Å². The molecule has 0 N–H and O–H groups in total. The molecule has 120 valence electrons. The Kier molecular flexibility index (Phi) is 4.29. The number of carbonyl (C=O) groups is 2. The molecule has 1 aromatic rings. The molecule has 0 radical (unpaired) electrons. The lowest BCUT2D eigenvalue weighted by atomic mass is 10.1. The number of carbonyl (C=O) groups excluding carboxylic acids is 2. The van der Waals surface area contributed by atoms with Gasteiger partial charge in [-0.05, 0) is 33.5 Å². The third kappa shape index (κ3) is 2.63. The monoisotopic (exact) mass is 320 g/mol. The number of hydrogen-bond acceptors (Lipinski definition) is 4. The first kappa shape index (κ1) is 15.7. The standard InChI is InChI=1S/C20H16O4/c1-23-19(21)18(20(22)24-2)12-17-15-9-5-3-4-8-13(15)14-10-6-7-11-16(14)17/h3-12H,1-2H3. The number of hydrogen-bond donors (Lipinski definition) is 0. The van der Waals surface area contributed by atoms with Gasteiger partial charge in [0, 0.05) is 0 Å². The van der Waals surface area contributed by atoms with Crippen molar-refractivity contribution in [2.45, 2.75) is 0 Å². The Morgan fingerprint density at radius 3 is 1.92 bits per heavy atom. The molecule has 4 heteroatoms. The Bertz CT molecular complexity index is 906. The van der Waals surface area contributed by atoms with Gasteiger partial charge in [0.15, 0.2) is 0 Å². The maximum Gasteiger partial charge on any atom is 0.345 e. The first-order valence-electron chi connectivity index (χ1n) is 7.45. The van der Waals surface area contributed by atoms with E-state index in [9.17, 15) is 9.59 Å². The quantitative estimate of drug-likeness (QED) is 0.320. The zero-order valence-electron chi connectivity index (χ0n) is 13.4. The first-order valence-corrected chi connectivity index (χ1v) is 7.45. The van der Waals surface area contributed by atoms with E-state index in [0.717, 1.165) is 27.5 Å². The van der Waals surface area contributed by atoms with E-state index in [2.05, 4.69) is 0 Å². The minimum absolute atomic E-state index is 0.135. The first-order chi connectivity index (χ1) is 11.7. The summed E-state index contributed by atoms with van der Waals surface area (Å²) in [7, 11) is 2.47. The average Bonchev–Trinajstić information content (AvgIpc) is 2.77. The van der Waals surface area contributed by atoms with E-state index in [-0.39, 0.29) is 5.57 Å². The third-order valence-electron chi connectivity index (χ3n) is 3.94. The highest BCUT2D eigenvalue weighted by atomic mass is 16.5. The van der Waals surface area contributed by atoms with Gasteiger partial charge in [0.25, 0.3) is 0 Å². The van der Waals surface area contributed by atoms with Crippen molar-refractivity contribution in [2.24, 2.45) is 0 Å². The van der Waals surface area contributed by atoms with Crippen LogP contribution in [0.3, 0.4) is 0 Å². The highest BCUT2D eigenvalue weighted by Gasteiger charge is 2.22. The molecule has 0 spiro atoms. The fourth-order valence-electron chi connectivity index (χ4n) is 2.84. The van der Waals surface area contributed by atoms with Crippen molar-refractivity contribution in [1.29, 1.82) is 0 Å². The van der Waals surface area contributed by atoms with Gasteiger partial charge in [-0.2, -0.15) is 0 Å². The van der Waals surface area contributed by atoms with Gasteiger partial charge in [-0.25, -0.2) is 9.59 Å². The largest absolute Gasteiger partial charge is 0.465 e. The van der Waals surface area contributed by atoms with Crippen molar-refractivity contribution < 1.29 is 19.1 Å². The van der Waals surface area contributed by atoms with Crippen molar-refractivity contribution in [2.75, 3.05) is 14.2 Å². The molecule has 1 aromatic carbocycles. The van der Waals surface area contributed by atoms with Crippen LogP contribution in [0.15, 0.2) is 60.2 Å². The van der Waals surface area contributed by atoms with Crippen molar-refractivity contribution in [3.05, 3.63) is 65.7 Å². The van der Waals surface area contributed by atoms with Crippen molar-refractivity contribution in [1.82, 2.24) is 0 Å². The molecule has 0 aliphatic heterocycles. The summed E-state index contributed by atoms with van der Waals surface area (Å²) >= 11 is 0. The molecule has 0 aromatic heterocycles. The van der Waals surface area contributed by atoms with E-state index < -0.39 is 11.9 Å². The SMILES string of the molecule is COC(=O)C(=Cc1c2cccccc-2c2ccccc12)C(=O)OC. The highest BCUT2D eigenvalue weighted by Crippen LogP contribution is 2.39. The normalized spacial score (nSPS) is 10.4. The molecular weight excluding hydrogens is 304 g/mol. The minimum atomic E-state index is -0.722. The molecule has 0 saturated carbocycles. The van der Waals surface area contributed by atoms with Crippen LogP contribution >= 0.6 is 0 Å². The minimum Gasteiger partial charge on any atom is -0.465 e. The van der Waals surface area contributed by atoms with Gasteiger partial charge in [0.05, 0.1) is 14.2 Å². The molecule has 0 bridgehead atoms. The van der Waals surface area contributed by atoms with E-state index in [0.29, 0.717) is 0 Å². The fourth-order valence-corrected chi connectivity index (χ4v) is 2.84. The molecule has 4 nitrogen and oxygen atoms in total. The number of rotatable bonds is 3. The van der Waals surface area contributed by atoms with Gasteiger partial charge in [0.2, 0.25) is 0 Å². The van der Waals surface area contributed by atoms with E-state index in [4.69, 9.17) is 9.47 Å². The van der Waals surface area contributed by atoms with Gasteiger partial charge in [-0.15, -0.1) is 0 Å². The number of methoxy groups -OCH3 is 2. The maximum absolute atomic E-state index is 12.0. The predicted octanol–water partition coefficient (Wildman–Crippen LogP) is 3.67. The lowest BCUT2D eigenvalue weighted by Crippen LogP contribution is -2.15. The van der Waals surface area contributed by atoms with Gasteiger partial charge in [0.1, 0.15) is 5.57 Å². The van der Waals surface area contributed by atoms with E-state index in [1.54, 1.807) is 6.08 Å². The second-order valence-electron chi connectivity index (χ2n) is 5.24. The Morgan fingerprint density at radius 2 is 1.29 bits per heavy atom. The number of ether oxygens (including phenoxy) is 2. The molecular formula is C20H16O4. The Balaban J connectivity index is 2.34. The fraction of sp³-hybridized carbons (Fsp3) is 0.100. The molecule has 24 heavy (non-hydrogen) atoms. The topological polar surface area (TPSA) is 52.6 Å². The predicted molar refractivity (Wildman–Crippen MR) is 92.6 cm³/mol. The van der Waals surface area contributed by atoms with Crippen LogP contribution in [0.4, 0.5) is 0 Å². The van der Waals surface area contributed by atoms with Crippen molar-refractivity contribution >= 4 is 28.8 Å². The number of esters is 2. The zero-order chi connectivity index (χ0) is 17.1. The summed E-state index contributed by atoms with van der Waals surface area (Å²) in [6, 6.07) is 17.7. The molecule has 0 unspecified atom stereocenters. The van der Waals surface area contributed by atoms with Crippen LogP contribution in [-0.4, -0.2) is 26.2 Å². The van der Waals surface area contributed by atoms with Gasteiger partial charge in [-0.3, -0.25) is 0 Å². The van der Waals surface area contributed by atoms with Gasteiger partial charge >= 0.3 is 11.9 Å². The van der Waals surface area contributed by atoms with E-state index >= 15 is 0 Å². The summed E-state index contributed by atoms with van der Waals surface area (Å²) < 4.78 is 9.44.